The van der Waals surface area contributed by atoms with Gasteiger partial charge in [-0.1, -0.05) is 42.5 Å². The lowest BCUT2D eigenvalue weighted by Crippen LogP contribution is -2.41. The van der Waals surface area contributed by atoms with Crippen LogP contribution in [0.5, 0.6) is 0 Å². The summed E-state index contributed by atoms with van der Waals surface area (Å²) in [6.07, 6.45) is 4.10. The molecule has 0 radical (unpaired) electrons. The van der Waals surface area contributed by atoms with E-state index in [1.165, 1.54) is 18.2 Å². The fraction of sp³-hybridized carbons (Fsp3) is 0.250. The SMILES string of the molecule is CC1(OCc2ccccc2)C=CC(C(=O)O)=CC1C(=O)O. The Morgan fingerprint density at radius 1 is 1.24 bits per heavy atom. The predicted octanol–water partition coefficient (Wildman–Crippen LogP) is 2.24. The highest BCUT2D eigenvalue weighted by atomic mass is 16.5. The van der Waals surface area contributed by atoms with E-state index >= 15 is 0 Å². The third-order valence-corrected chi connectivity index (χ3v) is 3.46. The molecule has 2 N–H and O–H groups in total. The van der Waals surface area contributed by atoms with Crippen molar-refractivity contribution in [2.24, 2.45) is 5.92 Å². The molecule has 1 aromatic carbocycles. The molecular weight excluding hydrogens is 272 g/mol. The molecule has 0 aliphatic heterocycles. The maximum absolute atomic E-state index is 11.4. The zero-order chi connectivity index (χ0) is 15.5. The van der Waals surface area contributed by atoms with E-state index in [0.29, 0.717) is 0 Å². The molecule has 0 spiro atoms. The second-order valence-electron chi connectivity index (χ2n) is 5.03. The first-order valence-electron chi connectivity index (χ1n) is 6.47. The molecule has 5 heteroatoms. The summed E-state index contributed by atoms with van der Waals surface area (Å²) in [6.45, 7) is 1.89. The molecule has 0 bridgehead atoms. The molecule has 1 aliphatic rings. The van der Waals surface area contributed by atoms with Gasteiger partial charge in [0.1, 0.15) is 11.5 Å². The topological polar surface area (TPSA) is 83.8 Å². The zero-order valence-electron chi connectivity index (χ0n) is 11.5. The molecule has 0 saturated carbocycles. The molecule has 0 fully saturated rings. The van der Waals surface area contributed by atoms with Crippen LogP contribution in [0.4, 0.5) is 0 Å². The van der Waals surface area contributed by atoms with E-state index < -0.39 is 23.5 Å². The number of carbonyl (C=O) groups is 2. The molecule has 21 heavy (non-hydrogen) atoms. The first-order valence-corrected chi connectivity index (χ1v) is 6.47. The molecule has 2 unspecified atom stereocenters. The van der Waals surface area contributed by atoms with Gasteiger partial charge in [-0.25, -0.2) is 4.79 Å². The van der Waals surface area contributed by atoms with E-state index in [-0.39, 0.29) is 12.2 Å². The van der Waals surface area contributed by atoms with Crippen molar-refractivity contribution >= 4 is 11.9 Å². The van der Waals surface area contributed by atoms with E-state index in [2.05, 4.69) is 0 Å². The molecule has 0 heterocycles. The van der Waals surface area contributed by atoms with E-state index in [0.717, 1.165) is 5.56 Å². The van der Waals surface area contributed by atoms with Crippen LogP contribution in [0.25, 0.3) is 0 Å². The summed E-state index contributed by atoms with van der Waals surface area (Å²) >= 11 is 0. The van der Waals surface area contributed by atoms with Gasteiger partial charge in [-0.2, -0.15) is 0 Å². The maximum atomic E-state index is 11.4. The van der Waals surface area contributed by atoms with Gasteiger partial charge in [0.05, 0.1) is 12.2 Å². The monoisotopic (exact) mass is 288 g/mol. The highest BCUT2D eigenvalue weighted by molar-refractivity contribution is 5.92. The van der Waals surface area contributed by atoms with Gasteiger partial charge in [0, 0.05) is 0 Å². The summed E-state index contributed by atoms with van der Waals surface area (Å²) in [4.78, 5) is 22.4. The average molecular weight is 288 g/mol. The Labute approximate surface area is 122 Å². The maximum Gasteiger partial charge on any atom is 0.335 e. The molecule has 0 aromatic heterocycles. The van der Waals surface area contributed by atoms with Gasteiger partial charge in [-0.05, 0) is 18.6 Å². The lowest BCUT2D eigenvalue weighted by molar-refractivity contribution is -0.149. The van der Waals surface area contributed by atoms with Crippen molar-refractivity contribution in [2.75, 3.05) is 0 Å². The molecule has 1 aromatic rings. The number of hydrogen-bond donors (Lipinski definition) is 2. The number of carboxylic acid groups (broad SMARTS) is 2. The number of ether oxygens (including phenoxy) is 1. The molecule has 1 aliphatic carbocycles. The Balaban J connectivity index is 2.18. The van der Waals surface area contributed by atoms with E-state index in [9.17, 15) is 14.7 Å². The van der Waals surface area contributed by atoms with Crippen molar-refractivity contribution in [3.8, 4) is 0 Å². The third-order valence-electron chi connectivity index (χ3n) is 3.46. The average Bonchev–Trinajstić information content (AvgIpc) is 2.46. The Morgan fingerprint density at radius 2 is 1.90 bits per heavy atom. The van der Waals surface area contributed by atoms with Gasteiger partial charge >= 0.3 is 11.9 Å². The minimum Gasteiger partial charge on any atom is -0.481 e. The van der Waals surface area contributed by atoms with Crippen molar-refractivity contribution in [3.63, 3.8) is 0 Å². The van der Waals surface area contributed by atoms with Crippen molar-refractivity contribution < 1.29 is 24.5 Å². The van der Waals surface area contributed by atoms with Crippen LogP contribution in [-0.2, 0) is 20.9 Å². The number of hydrogen-bond acceptors (Lipinski definition) is 3. The lowest BCUT2D eigenvalue weighted by atomic mass is 9.82. The van der Waals surface area contributed by atoms with Crippen molar-refractivity contribution in [3.05, 3.63) is 59.7 Å². The fourth-order valence-corrected chi connectivity index (χ4v) is 2.17. The largest absolute Gasteiger partial charge is 0.481 e. The Hall–Kier alpha value is -2.40. The van der Waals surface area contributed by atoms with Crippen LogP contribution in [0.3, 0.4) is 0 Å². The predicted molar refractivity (Wildman–Crippen MR) is 75.6 cm³/mol. The zero-order valence-corrected chi connectivity index (χ0v) is 11.5. The van der Waals surface area contributed by atoms with Crippen LogP contribution in [-0.4, -0.2) is 27.8 Å². The van der Waals surface area contributed by atoms with Crippen molar-refractivity contribution in [2.45, 2.75) is 19.1 Å². The van der Waals surface area contributed by atoms with E-state index in [1.807, 2.05) is 30.3 Å². The standard InChI is InChI=1S/C16H16O5/c1-16(21-10-11-5-3-2-4-6-11)8-7-12(14(17)18)9-13(16)15(19)20/h2-9,13H,10H2,1H3,(H,17,18)(H,19,20). The first-order chi connectivity index (χ1) is 9.92. The number of rotatable bonds is 5. The Bertz CT molecular complexity index is 602. The smallest absolute Gasteiger partial charge is 0.335 e. The quantitative estimate of drug-likeness (QED) is 0.868. The highest BCUT2D eigenvalue weighted by Gasteiger charge is 2.39. The summed E-state index contributed by atoms with van der Waals surface area (Å²) in [5.74, 6) is -3.31. The Morgan fingerprint density at radius 3 is 2.48 bits per heavy atom. The van der Waals surface area contributed by atoms with Crippen LogP contribution in [0, 0.1) is 5.92 Å². The van der Waals surface area contributed by atoms with Crippen LogP contribution in [0.1, 0.15) is 12.5 Å². The van der Waals surface area contributed by atoms with Gasteiger partial charge in [-0.15, -0.1) is 0 Å². The van der Waals surface area contributed by atoms with Gasteiger partial charge in [-0.3, -0.25) is 4.79 Å². The number of benzene rings is 1. The molecule has 0 saturated heterocycles. The number of aliphatic carboxylic acids is 2. The molecule has 2 rings (SSSR count). The normalized spacial score (nSPS) is 24.4. The highest BCUT2D eigenvalue weighted by Crippen LogP contribution is 2.32. The van der Waals surface area contributed by atoms with E-state index in [1.54, 1.807) is 6.92 Å². The first kappa shape index (κ1) is 15.0. The van der Waals surface area contributed by atoms with Crippen LogP contribution < -0.4 is 0 Å². The molecule has 110 valence electrons. The van der Waals surface area contributed by atoms with Crippen LogP contribution >= 0.6 is 0 Å². The molecule has 0 amide bonds. The number of carboxylic acids is 2. The summed E-state index contributed by atoms with van der Waals surface area (Å²) in [5.41, 5.74) is -0.201. The van der Waals surface area contributed by atoms with E-state index in [4.69, 9.17) is 9.84 Å². The van der Waals surface area contributed by atoms with Crippen molar-refractivity contribution in [1.29, 1.82) is 0 Å². The molecule has 5 nitrogen and oxygen atoms in total. The minimum absolute atomic E-state index is 0.0387. The molecular formula is C16H16O5. The van der Waals surface area contributed by atoms with Crippen LogP contribution in [0.15, 0.2) is 54.1 Å². The summed E-state index contributed by atoms with van der Waals surface area (Å²) in [6, 6.07) is 9.38. The second-order valence-corrected chi connectivity index (χ2v) is 5.03. The van der Waals surface area contributed by atoms with Crippen LogP contribution in [0.2, 0.25) is 0 Å². The fourth-order valence-electron chi connectivity index (χ4n) is 2.17. The minimum atomic E-state index is -1.15. The van der Waals surface area contributed by atoms with Gasteiger partial charge < -0.3 is 14.9 Å². The molecule has 2 atom stereocenters. The van der Waals surface area contributed by atoms with Gasteiger partial charge in [0.2, 0.25) is 0 Å². The van der Waals surface area contributed by atoms with Crippen molar-refractivity contribution in [1.82, 2.24) is 0 Å². The summed E-state index contributed by atoms with van der Waals surface area (Å²) in [7, 11) is 0. The summed E-state index contributed by atoms with van der Waals surface area (Å²) < 4.78 is 5.75. The van der Waals surface area contributed by atoms with Gasteiger partial charge in [0.25, 0.3) is 0 Å². The second kappa shape index (κ2) is 5.93. The summed E-state index contributed by atoms with van der Waals surface area (Å²) in [5, 5.41) is 18.3. The Kier molecular flexibility index (Phi) is 4.23. The lowest BCUT2D eigenvalue weighted by Gasteiger charge is -2.33. The van der Waals surface area contributed by atoms with Gasteiger partial charge in [0.15, 0.2) is 0 Å². The third kappa shape index (κ3) is 3.38.